The number of hydrogen-bond donors (Lipinski definition) is 1. The number of benzene rings is 2. The molecule has 0 amide bonds. The van der Waals surface area contributed by atoms with Crippen molar-refractivity contribution in [2.75, 3.05) is 0 Å². The third kappa shape index (κ3) is 2.57. The Balaban J connectivity index is 1.98. The molecule has 1 N–H and O–H groups in total. The molecule has 0 fully saturated rings. The molecule has 0 bridgehead atoms. The van der Waals surface area contributed by atoms with E-state index in [0.717, 1.165) is 6.07 Å². The summed E-state index contributed by atoms with van der Waals surface area (Å²) < 4.78 is 29.5. The molecule has 0 saturated heterocycles. The maximum Gasteiger partial charge on any atom is 0.356 e. The number of aromatic carboxylic acids is 1. The normalized spacial score (nSPS) is 12.8. The molecule has 0 spiro atoms. The maximum atomic E-state index is 14.3. The lowest BCUT2D eigenvalue weighted by Crippen LogP contribution is -2.11. The highest BCUT2D eigenvalue weighted by Gasteiger charge is 2.24. The largest absolute Gasteiger partial charge is 0.476 e. The predicted molar refractivity (Wildman–Crippen MR) is 91.2 cm³/mol. The van der Waals surface area contributed by atoms with Crippen molar-refractivity contribution >= 4 is 23.3 Å². The summed E-state index contributed by atoms with van der Waals surface area (Å²) in [5.41, 5.74) is 1.52. The van der Waals surface area contributed by atoms with Gasteiger partial charge in [0.05, 0.1) is 23.6 Å². The van der Waals surface area contributed by atoms with Crippen LogP contribution in [0.2, 0.25) is 5.02 Å². The van der Waals surface area contributed by atoms with Gasteiger partial charge in [0.2, 0.25) is 0 Å². The Kier molecular flexibility index (Phi) is 3.81. The quantitative estimate of drug-likeness (QED) is 0.741. The smallest absolute Gasteiger partial charge is 0.356 e. The van der Waals surface area contributed by atoms with Crippen LogP contribution in [-0.2, 0) is 6.54 Å². The highest BCUT2D eigenvalue weighted by Crippen LogP contribution is 2.29. The van der Waals surface area contributed by atoms with Crippen molar-refractivity contribution in [1.82, 2.24) is 9.78 Å². The molecule has 2 aromatic carbocycles. The van der Waals surface area contributed by atoms with E-state index in [2.05, 4.69) is 10.1 Å². The second-order valence-corrected chi connectivity index (χ2v) is 6.10. The number of carbonyl (C=O) groups is 1. The van der Waals surface area contributed by atoms with Gasteiger partial charge in [0.1, 0.15) is 0 Å². The number of aromatic nitrogens is 2. The van der Waals surface area contributed by atoms with E-state index in [4.69, 9.17) is 16.7 Å². The van der Waals surface area contributed by atoms with Crippen molar-refractivity contribution in [3.63, 3.8) is 0 Å². The molecule has 1 aromatic heterocycles. The molecule has 0 aliphatic carbocycles. The van der Waals surface area contributed by atoms with E-state index in [1.807, 2.05) is 0 Å². The van der Waals surface area contributed by atoms with Crippen molar-refractivity contribution < 1.29 is 18.7 Å². The first-order chi connectivity index (χ1) is 12.5. The summed E-state index contributed by atoms with van der Waals surface area (Å²) in [6.07, 6.45) is 0. The summed E-state index contributed by atoms with van der Waals surface area (Å²) in [6, 6.07) is 10.1. The Morgan fingerprint density at radius 3 is 2.73 bits per heavy atom. The molecule has 0 unspecified atom stereocenters. The number of carboxylic acids is 1. The number of halogens is 3. The minimum atomic E-state index is -1.17. The molecule has 26 heavy (non-hydrogen) atoms. The maximum absolute atomic E-state index is 14.3. The van der Waals surface area contributed by atoms with Crippen molar-refractivity contribution in [3.8, 4) is 5.69 Å². The summed E-state index contributed by atoms with van der Waals surface area (Å²) in [5.74, 6) is -3.16. The Labute approximate surface area is 151 Å². The summed E-state index contributed by atoms with van der Waals surface area (Å²) in [4.78, 5) is 15.6. The van der Waals surface area contributed by atoms with Crippen molar-refractivity contribution in [3.05, 3.63) is 81.6 Å². The van der Waals surface area contributed by atoms with Gasteiger partial charge in [-0.2, -0.15) is 5.10 Å². The summed E-state index contributed by atoms with van der Waals surface area (Å²) in [6.45, 7) is 0.0534. The third-order valence-electron chi connectivity index (χ3n) is 4.05. The minimum Gasteiger partial charge on any atom is -0.476 e. The molecule has 130 valence electrons. The van der Waals surface area contributed by atoms with Gasteiger partial charge in [-0.1, -0.05) is 17.7 Å². The summed E-state index contributed by atoms with van der Waals surface area (Å²) in [5, 5.41) is 13.6. The van der Waals surface area contributed by atoms with Crippen LogP contribution in [0.4, 0.5) is 8.78 Å². The highest BCUT2D eigenvalue weighted by molar-refractivity contribution is 6.31. The topological polar surface area (TPSA) is 67.5 Å². The molecule has 1 aliphatic heterocycles. The van der Waals surface area contributed by atoms with E-state index in [1.54, 1.807) is 18.2 Å². The molecule has 4 rings (SSSR count). The fourth-order valence-electron chi connectivity index (χ4n) is 2.89. The standard InChI is InChI=1S/C18H10ClF2N3O2/c19-9-4-5-15-12(6-9)17(11-2-1-3-13(20)16(11)21)22-8-10-7-14(18(25)26)23-24(10)15/h1-7H,8H2,(H,25,26). The molecule has 8 heteroatoms. The number of fused-ring (bicyclic) bond motifs is 3. The van der Waals surface area contributed by atoms with Crippen LogP contribution in [0.5, 0.6) is 0 Å². The Morgan fingerprint density at radius 2 is 1.96 bits per heavy atom. The minimum absolute atomic E-state index is 0.00210. The molecule has 0 radical (unpaired) electrons. The monoisotopic (exact) mass is 373 g/mol. The molecular weight excluding hydrogens is 364 g/mol. The van der Waals surface area contributed by atoms with Gasteiger partial charge < -0.3 is 5.11 Å². The second kappa shape index (κ2) is 6.03. The van der Waals surface area contributed by atoms with Crippen molar-refractivity contribution in [2.45, 2.75) is 6.54 Å². The molecule has 1 aliphatic rings. The lowest BCUT2D eigenvalue weighted by atomic mass is 10.00. The Morgan fingerprint density at radius 1 is 1.15 bits per heavy atom. The first kappa shape index (κ1) is 16.4. The van der Waals surface area contributed by atoms with Crippen LogP contribution in [0.1, 0.15) is 27.3 Å². The average Bonchev–Trinajstić information content (AvgIpc) is 2.97. The van der Waals surface area contributed by atoms with Crippen LogP contribution in [-0.4, -0.2) is 26.6 Å². The first-order valence-corrected chi connectivity index (χ1v) is 7.95. The van der Waals surface area contributed by atoms with E-state index >= 15 is 0 Å². The number of nitrogens with zero attached hydrogens (tertiary/aromatic N) is 3. The second-order valence-electron chi connectivity index (χ2n) is 5.67. The first-order valence-electron chi connectivity index (χ1n) is 7.57. The van der Waals surface area contributed by atoms with Crippen molar-refractivity contribution in [1.29, 1.82) is 0 Å². The van der Waals surface area contributed by atoms with Gasteiger partial charge in [0.25, 0.3) is 0 Å². The van der Waals surface area contributed by atoms with Crippen LogP contribution >= 0.6 is 11.6 Å². The average molecular weight is 374 g/mol. The SMILES string of the molecule is O=C(O)c1cc2n(n1)-c1ccc(Cl)cc1C(c1cccc(F)c1F)=NC2. The third-order valence-corrected chi connectivity index (χ3v) is 4.29. The van der Waals surface area contributed by atoms with Crippen LogP contribution < -0.4 is 0 Å². The van der Waals surface area contributed by atoms with Gasteiger partial charge in [0, 0.05) is 16.1 Å². The van der Waals surface area contributed by atoms with Crippen LogP contribution in [0.25, 0.3) is 5.69 Å². The number of aliphatic imine (C=N–C) groups is 1. The van der Waals surface area contributed by atoms with E-state index in [9.17, 15) is 13.6 Å². The number of hydrogen-bond acceptors (Lipinski definition) is 3. The Hall–Kier alpha value is -3.06. The molecule has 3 aromatic rings. The van der Waals surface area contributed by atoms with E-state index in [-0.39, 0.29) is 23.5 Å². The van der Waals surface area contributed by atoms with Gasteiger partial charge in [-0.15, -0.1) is 0 Å². The van der Waals surface area contributed by atoms with Gasteiger partial charge >= 0.3 is 5.97 Å². The van der Waals surface area contributed by atoms with Crippen LogP contribution in [0, 0.1) is 11.6 Å². The molecule has 0 saturated carbocycles. The molecule has 5 nitrogen and oxygen atoms in total. The van der Waals surface area contributed by atoms with E-state index < -0.39 is 17.6 Å². The fraction of sp³-hybridized carbons (Fsp3) is 0.0556. The molecule has 0 atom stereocenters. The van der Waals surface area contributed by atoms with E-state index in [0.29, 0.717) is 22.0 Å². The number of rotatable bonds is 2. The van der Waals surface area contributed by atoms with Crippen molar-refractivity contribution in [2.24, 2.45) is 4.99 Å². The fourth-order valence-corrected chi connectivity index (χ4v) is 3.06. The number of carboxylic acid groups (broad SMARTS) is 1. The lowest BCUT2D eigenvalue weighted by molar-refractivity contribution is 0.0690. The predicted octanol–water partition coefficient (Wildman–Crippen LogP) is 3.85. The zero-order valence-corrected chi connectivity index (χ0v) is 13.8. The Bertz CT molecular complexity index is 1090. The molecule has 2 heterocycles. The van der Waals surface area contributed by atoms with Crippen LogP contribution in [0.15, 0.2) is 47.5 Å². The van der Waals surface area contributed by atoms with Gasteiger partial charge in [-0.05, 0) is 36.4 Å². The summed E-state index contributed by atoms with van der Waals surface area (Å²) >= 11 is 6.09. The highest BCUT2D eigenvalue weighted by atomic mass is 35.5. The zero-order chi connectivity index (χ0) is 18.4. The van der Waals surface area contributed by atoms with Gasteiger partial charge in [-0.3, -0.25) is 4.99 Å². The zero-order valence-electron chi connectivity index (χ0n) is 13.1. The summed E-state index contributed by atoms with van der Waals surface area (Å²) in [7, 11) is 0. The van der Waals surface area contributed by atoms with E-state index in [1.165, 1.54) is 22.9 Å². The molecular formula is C18H10ClF2N3O2. The van der Waals surface area contributed by atoms with Crippen LogP contribution in [0.3, 0.4) is 0 Å². The van der Waals surface area contributed by atoms with Gasteiger partial charge in [0.15, 0.2) is 17.3 Å². The van der Waals surface area contributed by atoms with Gasteiger partial charge in [-0.25, -0.2) is 18.3 Å². The lowest BCUT2D eigenvalue weighted by Gasteiger charge is -2.12.